The Morgan fingerprint density at radius 1 is 1.03 bits per heavy atom. The van der Waals surface area contributed by atoms with Gasteiger partial charge in [-0.25, -0.2) is 13.1 Å². The molecule has 1 N–H and O–H groups in total. The van der Waals surface area contributed by atoms with Gasteiger partial charge >= 0.3 is 0 Å². The quantitative estimate of drug-likeness (QED) is 0.577. The van der Waals surface area contributed by atoms with E-state index < -0.39 is 10.0 Å². The van der Waals surface area contributed by atoms with Crippen molar-refractivity contribution in [3.8, 4) is 17.2 Å². The van der Waals surface area contributed by atoms with Crippen molar-refractivity contribution in [3.05, 3.63) is 60.7 Å². The van der Waals surface area contributed by atoms with Crippen LogP contribution in [0.2, 0.25) is 0 Å². The van der Waals surface area contributed by atoms with E-state index >= 15 is 0 Å². The first-order valence-corrected chi connectivity index (χ1v) is 10.9. The van der Waals surface area contributed by atoms with E-state index in [4.69, 9.17) is 9.47 Å². The van der Waals surface area contributed by atoms with E-state index in [1.807, 2.05) is 23.6 Å². The van der Waals surface area contributed by atoms with E-state index in [2.05, 4.69) is 14.9 Å². The van der Waals surface area contributed by atoms with E-state index in [-0.39, 0.29) is 11.4 Å². The summed E-state index contributed by atoms with van der Waals surface area (Å²) in [6.45, 7) is 2.62. The number of nitrogens with zero attached hydrogens (tertiary/aromatic N) is 3. The molecule has 0 unspecified atom stereocenters. The summed E-state index contributed by atoms with van der Waals surface area (Å²) in [5.74, 6) is 2.57. The molecule has 3 aromatic rings. The van der Waals surface area contributed by atoms with Crippen LogP contribution in [0.3, 0.4) is 0 Å². The van der Waals surface area contributed by atoms with E-state index in [0.717, 1.165) is 18.6 Å². The van der Waals surface area contributed by atoms with E-state index in [1.165, 1.54) is 12.1 Å². The molecule has 0 amide bonds. The SMILES string of the molecule is CCOc1ccc(Oc2ccc(S(=O)(=O)NCc3nncn3C3CC3)cc2)cc1. The molecule has 152 valence electrons. The lowest BCUT2D eigenvalue weighted by Crippen LogP contribution is -2.25. The van der Waals surface area contributed by atoms with Crippen LogP contribution in [0.15, 0.2) is 59.8 Å². The Bertz CT molecular complexity index is 1060. The summed E-state index contributed by atoms with van der Waals surface area (Å²) in [4.78, 5) is 0.161. The Morgan fingerprint density at radius 3 is 2.28 bits per heavy atom. The molecule has 0 aliphatic heterocycles. The summed E-state index contributed by atoms with van der Waals surface area (Å²) in [6, 6.07) is 13.9. The number of nitrogens with one attached hydrogen (secondary N) is 1. The van der Waals surface area contributed by atoms with Crippen molar-refractivity contribution in [3.63, 3.8) is 0 Å². The number of sulfonamides is 1. The maximum absolute atomic E-state index is 12.6. The average molecular weight is 414 g/mol. The highest BCUT2D eigenvalue weighted by Gasteiger charge is 2.26. The minimum absolute atomic E-state index is 0.100. The van der Waals surface area contributed by atoms with Crippen molar-refractivity contribution in [1.82, 2.24) is 19.5 Å². The van der Waals surface area contributed by atoms with E-state index in [0.29, 0.717) is 30.0 Å². The third-order valence-electron chi connectivity index (χ3n) is 4.51. The molecule has 29 heavy (non-hydrogen) atoms. The fourth-order valence-corrected chi connectivity index (χ4v) is 3.87. The topological polar surface area (TPSA) is 95.3 Å². The zero-order valence-electron chi connectivity index (χ0n) is 16.0. The van der Waals surface area contributed by atoms with E-state index in [9.17, 15) is 8.42 Å². The Morgan fingerprint density at radius 2 is 1.66 bits per heavy atom. The molecule has 4 rings (SSSR count). The third-order valence-corrected chi connectivity index (χ3v) is 5.93. The summed E-state index contributed by atoms with van der Waals surface area (Å²) in [5.41, 5.74) is 0. The van der Waals surface area contributed by atoms with Crippen molar-refractivity contribution in [2.45, 2.75) is 37.2 Å². The van der Waals surface area contributed by atoms with Gasteiger partial charge in [0.25, 0.3) is 0 Å². The Balaban J connectivity index is 1.38. The van der Waals surface area contributed by atoms with E-state index in [1.54, 1.807) is 30.6 Å². The van der Waals surface area contributed by atoms with Crippen LogP contribution in [-0.2, 0) is 16.6 Å². The highest BCUT2D eigenvalue weighted by atomic mass is 32.2. The maximum atomic E-state index is 12.6. The largest absolute Gasteiger partial charge is 0.494 e. The Labute approximate surface area is 169 Å². The number of rotatable bonds is 9. The molecular formula is C20H22N4O4S. The molecule has 1 aliphatic carbocycles. The maximum Gasteiger partial charge on any atom is 0.240 e. The van der Waals surface area contributed by atoms with Crippen LogP contribution in [0.4, 0.5) is 0 Å². The lowest BCUT2D eigenvalue weighted by atomic mass is 10.3. The van der Waals surface area contributed by atoms with Crippen molar-refractivity contribution >= 4 is 10.0 Å². The number of aromatic nitrogens is 3. The first-order valence-electron chi connectivity index (χ1n) is 9.44. The van der Waals surface area contributed by atoms with Crippen molar-refractivity contribution < 1.29 is 17.9 Å². The molecule has 1 fully saturated rings. The van der Waals surface area contributed by atoms with Gasteiger partial charge < -0.3 is 14.0 Å². The molecule has 0 atom stereocenters. The van der Waals surface area contributed by atoms with Crippen LogP contribution >= 0.6 is 0 Å². The van der Waals surface area contributed by atoms with Crippen molar-refractivity contribution in [2.24, 2.45) is 0 Å². The lowest BCUT2D eigenvalue weighted by molar-refractivity contribution is 0.339. The number of hydrogen-bond donors (Lipinski definition) is 1. The van der Waals surface area contributed by atoms with Crippen LogP contribution < -0.4 is 14.2 Å². The molecular weight excluding hydrogens is 392 g/mol. The molecule has 2 aromatic carbocycles. The van der Waals surface area contributed by atoms with Crippen LogP contribution in [0, 0.1) is 0 Å². The van der Waals surface area contributed by atoms with Crippen LogP contribution in [-0.4, -0.2) is 29.8 Å². The minimum Gasteiger partial charge on any atom is -0.494 e. The molecule has 1 aliphatic rings. The molecule has 0 spiro atoms. The molecule has 0 radical (unpaired) electrons. The predicted octanol–water partition coefficient (Wildman–Crippen LogP) is 3.28. The second-order valence-electron chi connectivity index (χ2n) is 6.69. The van der Waals surface area contributed by atoms with Crippen LogP contribution in [0.25, 0.3) is 0 Å². The molecule has 1 heterocycles. The van der Waals surface area contributed by atoms with Gasteiger partial charge in [0.1, 0.15) is 29.4 Å². The third kappa shape index (κ3) is 4.75. The monoisotopic (exact) mass is 414 g/mol. The summed E-state index contributed by atoms with van der Waals surface area (Å²) in [5, 5.41) is 7.89. The molecule has 0 bridgehead atoms. The Kier molecular flexibility index (Phi) is 5.50. The second-order valence-corrected chi connectivity index (χ2v) is 8.45. The molecule has 0 saturated heterocycles. The lowest BCUT2D eigenvalue weighted by Gasteiger charge is -2.10. The van der Waals surface area contributed by atoms with Gasteiger partial charge in [0.05, 0.1) is 18.0 Å². The van der Waals surface area contributed by atoms with Gasteiger partial charge in [-0.2, -0.15) is 0 Å². The summed E-state index contributed by atoms with van der Waals surface area (Å²) >= 11 is 0. The average Bonchev–Trinajstić information content (AvgIpc) is 3.46. The second kappa shape index (κ2) is 8.22. The zero-order chi connectivity index (χ0) is 20.3. The molecule has 9 heteroatoms. The molecule has 1 aromatic heterocycles. The smallest absolute Gasteiger partial charge is 0.240 e. The van der Waals surface area contributed by atoms with Crippen molar-refractivity contribution in [1.29, 1.82) is 0 Å². The van der Waals surface area contributed by atoms with Crippen LogP contribution in [0.1, 0.15) is 31.6 Å². The summed E-state index contributed by atoms with van der Waals surface area (Å²) in [7, 11) is -3.66. The molecule has 8 nitrogen and oxygen atoms in total. The first kappa shape index (κ1) is 19.4. The normalized spacial score (nSPS) is 14.0. The highest BCUT2D eigenvalue weighted by molar-refractivity contribution is 7.89. The Hall–Kier alpha value is -2.91. The fourth-order valence-electron chi connectivity index (χ4n) is 2.89. The number of hydrogen-bond acceptors (Lipinski definition) is 6. The van der Waals surface area contributed by atoms with Gasteiger partial charge in [-0.3, -0.25) is 0 Å². The van der Waals surface area contributed by atoms with Gasteiger partial charge in [-0.05, 0) is 68.3 Å². The predicted molar refractivity (Wildman–Crippen MR) is 106 cm³/mol. The number of ether oxygens (including phenoxy) is 2. The number of benzene rings is 2. The fraction of sp³-hybridized carbons (Fsp3) is 0.300. The van der Waals surface area contributed by atoms with Gasteiger partial charge in [0.2, 0.25) is 10.0 Å². The van der Waals surface area contributed by atoms with Gasteiger partial charge in [-0.1, -0.05) is 0 Å². The summed E-state index contributed by atoms with van der Waals surface area (Å²) < 4.78 is 40.8. The van der Waals surface area contributed by atoms with Crippen molar-refractivity contribution in [2.75, 3.05) is 6.61 Å². The van der Waals surface area contributed by atoms with Gasteiger partial charge in [0.15, 0.2) is 0 Å². The van der Waals surface area contributed by atoms with Gasteiger partial charge in [-0.15, -0.1) is 10.2 Å². The standard InChI is InChI=1S/C20H22N4O4S/c1-2-27-16-5-7-17(8-6-16)28-18-9-11-19(12-10-18)29(25,26)22-13-20-23-21-14-24(20)15-3-4-15/h5-12,14-15,22H,2-4,13H2,1H3. The molecule has 1 saturated carbocycles. The summed E-state index contributed by atoms with van der Waals surface area (Å²) in [6.07, 6.45) is 3.80. The highest BCUT2D eigenvalue weighted by Crippen LogP contribution is 2.35. The van der Waals surface area contributed by atoms with Crippen LogP contribution in [0.5, 0.6) is 17.2 Å². The minimum atomic E-state index is -3.66. The first-order chi connectivity index (χ1) is 14.0. The van der Waals surface area contributed by atoms with Gasteiger partial charge in [0, 0.05) is 6.04 Å². The zero-order valence-corrected chi connectivity index (χ0v) is 16.8.